The lowest BCUT2D eigenvalue weighted by Crippen LogP contribution is -2.29. The van der Waals surface area contributed by atoms with Crippen LogP contribution in [0.2, 0.25) is 0 Å². The van der Waals surface area contributed by atoms with Crippen LogP contribution in [0.5, 0.6) is 17.2 Å². The fraction of sp³-hybridized carbons (Fsp3) is 0.371. The number of unbranched alkanes of at least 4 members (excludes halogenated alkanes) is 1. The Kier molecular flexibility index (Phi) is 11.6. The first-order chi connectivity index (χ1) is 22.1. The summed E-state index contributed by atoms with van der Waals surface area (Å²) in [6.07, 6.45) is 4.10. The second-order valence-corrected chi connectivity index (χ2v) is 12.1. The lowest BCUT2D eigenvalue weighted by molar-refractivity contribution is -0.132. The van der Waals surface area contributed by atoms with Gasteiger partial charge in [0, 0.05) is 5.56 Å². The van der Waals surface area contributed by atoms with E-state index in [1.165, 1.54) is 18.1 Å². The van der Waals surface area contributed by atoms with Crippen molar-refractivity contribution in [3.05, 3.63) is 82.4 Å². The number of hydrogen-bond donors (Lipinski definition) is 1. The molecule has 1 fully saturated rings. The molecular weight excluding hydrogens is 608 g/mol. The third-order valence-electron chi connectivity index (χ3n) is 7.28. The minimum absolute atomic E-state index is 0.00261. The fourth-order valence-corrected chi connectivity index (χ4v) is 5.81. The van der Waals surface area contributed by atoms with E-state index in [0.717, 1.165) is 30.6 Å². The van der Waals surface area contributed by atoms with E-state index in [1.807, 2.05) is 0 Å². The van der Waals surface area contributed by atoms with Crippen LogP contribution in [-0.4, -0.2) is 54.7 Å². The second-order valence-electron chi connectivity index (χ2n) is 11.1. The number of ketones is 1. The molecule has 1 aromatic heterocycles. The van der Waals surface area contributed by atoms with Gasteiger partial charge in [0.25, 0.3) is 5.78 Å². The average molecular weight is 649 g/mol. The summed E-state index contributed by atoms with van der Waals surface area (Å²) in [5, 5.41) is 11.8. The van der Waals surface area contributed by atoms with Gasteiger partial charge in [-0.1, -0.05) is 69.4 Å². The Bertz CT molecular complexity index is 1630. The number of hydrogen-bond acceptors (Lipinski definition) is 10. The molecule has 11 heteroatoms. The molecule has 3 aromatic rings. The first kappa shape index (κ1) is 34.2. The van der Waals surface area contributed by atoms with Crippen molar-refractivity contribution in [1.29, 1.82) is 0 Å². The summed E-state index contributed by atoms with van der Waals surface area (Å²) in [6, 6.07) is 10.7. The zero-order valence-corrected chi connectivity index (χ0v) is 27.6. The van der Waals surface area contributed by atoms with Crippen molar-refractivity contribution >= 4 is 39.9 Å². The first-order valence-electron chi connectivity index (χ1n) is 15.2. The maximum absolute atomic E-state index is 13.8. The number of anilines is 1. The van der Waals surface area contributed by atoms with Gasteiger partial charge in [-0.3, -0.25) is 14.5 Å². The molecule has 10 nitrogen and oxygen atoms in total. The standard InChI is InChI=1S/C35H40N2O8S/c1-7-9-17-43-25-12-10-11-24(19-25)30(38)28-29(23-13-14-26(27(20-23)42-6)44-18-15-21(3)4)37(33(40)31(28)39)35-36-22(5)32(46-35)34(41)45-16-8-2/h8,10-14,19-21,29,38H,2,7,9,15-18H2,1,3-6H3/b30-28+. The van der Waals surface area contributed by atoms with Crippen molar-refractivity contribution in [3.63, 3.8) is 0 Å². The normalized spacial score (nSPS) is 15.7. The average Bonchev–Trinajstić information content (AvgIpc) is 3.55. The maximum atomic E-state index is 13.8. The molecule has 0 radical (unpaired) electrons. The van der Waals surface area contributed by atoms with Crippen LogP contribution in [0.25, 0.3) is 5.76 Å². The zero-order valence-electron chi connectivity index (χ0n) is 26.8. The van der Waals surface area contributed by atoms with Gasteiger partial charge in [0.2, 0.25) is 0 Å². The summed E-state index contributed by atoms with van der Waals surface area (Å²) in [5.74, 6) is -0.953. The van der Waals surface area contributed by atoms with Crippen LogP contribution in [0.3, 0.4) is 0 Å². The van der Waals surface area contributed by atoms with Crippen LogP contribution in [0.4, 0.5) is 5.13 Å². The van der Waals surface area contributed by atoms with Gasteiger partial charge < -0.3 is 24.1 Å². The zero-order chi connectivity index (χ0) is 33.4. The number of carbonyl (C=O) groups is 3. The van der Waals surface area contributed by atoms with Gasteiger partial charge in [-0.2, -0.15) is 0 Å². The highest BCUT2D eigenvalue weighted by molar-refractivity contribution is 7.17. The molecule has 0 aliphatic carbocycles. The topological polar surface area (TPSA) is 124 Å². The van der Waals surface area contributed by atoms with Crippen LogP contribution in [0.1, 0.15) is 72.6 Å². The first-order valence-corrected chi connectivity index (χ1v) is 16.0. The Morgan fingerprint density at radius 3 is 2.61 bits per heavy atom. The van der Waals surface area contributed by atoms with Crippen LogP contribution >= 0.6 is 11.3 Å². The van der Waals surface area contributed by atoms with E-state index in [-0.39, 0.29) is 27.9 Å². The number of nitrogens with zero attached hydrogens (tertiary/aromatic N) is 2. The molecule has 1 aliphatic heterocycles. The summed E-state index contributed by atoms with van der Waals surface area (Å²) in [6.45, 7) is 12.4. The number of methoxy groups -OCH3 is 1. The summed E-state index contributed by atoms with van der Waals surface area (Å²) < 4.78 is 22.6. The molecule has 0 saturated carbocycles. The predicted octanol–water partition coefficient (Wildman–Crippen LogP) is 7.03. The van der Waals surface area contributed by atoms with Gasteiger partial charge in [-0.05, 0) is 55.5 Å². The van der Waals surface area contributed by atoms with Crippen LogP contribution in [-0.2, 0) is 14.3 Å². The number of thiazole rings is 1. The highest BCUT2D eigenvalue weighted by Crippen LogP contribution is 2.45. The van der Waals surface area contributed by atoms with Crippen molar-refractivity contribution in [3.8, 4) is 17.2 Å². The summed E-state index contributed by atoms with van der Waals surface area (Å²) in [5.41, 5.74) is 0.961. The molecule has 46 heavy (non-hydrogen) atoms. The largest absolute Gasteiger partial charge is 0.507 e. The van der Waals surface area contributed by atoms with E-state index in [4.69, 9.17) is 18.9 Å². The molecule has 2 heterocycles. The number of ether oxygens (including phenoxy) is 4. The molecule has 244 valence electrons. The smallest absolute Gasteiger partial charge is 0.350 e. The van der Waals surface area contributed by atoms with E-state index < -0.39 is 23.7 Å². The van der Waals surface area contributed by atoms with Gasteiger partial charge >= 0.3 is 11.9 Å². The van der Waals surface area contributed by atoms with E-state index in [1.54, 1.807) is 49.4 Å². The van der Waals surface area contributed by atoms with E-state index >= 15 is 0 Å². The fourth-order valence-electron chi connectivity index (χ4n) is 4.82. The van der Waals surface area contributed by atoms with E-state index in [9.17, 15) is 19.5 Å². The van der Waals surface area contributed by atoms with Gasteiger partial charge in [-0.25, -0.2) is 9.78 Å². The quantitative estimate of drug-likeness (QED) is 0.0462. The Morgan fingerprint density at radius 2 is 1.91 bits per heavy atom. The van der Waals surface area contributed by atoms with Crippen molar-refractivity contribution in [2.75, 3.05) is 31.8 Å². The van der Waals surface area contributed by atoms with Crippen molar-refractivity contribution in [1.82, 2.24) is 4.98 Å². The van der Waals surface area contributed by atoms with E-state index in [0.29, 0.717) is 53.2 Å². The predicted molar refractivity (Wildman–Crippen MR) is 177 cm³/mol. The van der Waals surface area contributed by atoms with E-state index in [2.05, 4.69) is 32.3 Å². The molecular formula is C35H40N2O8S. The third kappa shape index (κ3) is 7.59. The lowest BCUT2D eigenvalue weighted by Gasteiger charge is -2.24. The molecule has 1 N–H and O–H groups in total. The third-order valence-corrected chi connectivity index (χ3v) is 8.42. The Morgan fingerprint density at radius 1 is 1.13 bits per heavy atom. The number of amides is 1. The Labute approximate surface area is 273 Å². The van der Waals surface area contributed by atoms with Gasteiger partial charge in [0.15, 0.2) is 16.6 Å². The summed E-state index contributed by atoms with van der Waals surface area (Å²) in [7, 11) is 1.50. The number of esters is 1. The maximum Gasteiger partial charge on any atom is 0.350 e. The van der Waals surface area contributed by atoms with Crippen LogP contribution in [0.15, 0.2) is 60.7 Å². The molecule has 0 spiro atoms. The van der Waals surface area contributed by atoms with Crippen molar-refractivity contribution in [2.45, 2.75) is 53.0 Å². The number of benzene rings is 2. The van der Waals surface area contributed by atoms with Gasteiger partial charge in [0.1, 0.15) is 23.0 Å². The molecule has 1 saturated heterocycles. The molecule has 0 bridgehead atoms. The van der Waals surface area contributed by atoms with Crippen LogP contribution < -0.4 is 19.1 Å². The monoisotopic (exact) mass is 648 g/mol. The van der Waals surface area contributed by atoms with Crippen molar-refractivity contribution in [2.24, 2.45) is 5.92 Å². The van der Waals surface area contributed by atoms with Crippen LogP contribution in [0, 0.1) is 12.8 Å². The highest BCUT2D eigenvalue weighted by atomic mass is 32.1. The molecule has 1 aliphatic rings. The molecule has 4 rings (SSSR count). The van der Waals surface area contributed by atoms with Gasteiger partial charge in [-0.15, -0.1) is 0 Å². The lowest BCUT2D eigenvalue weighted by atomic mass is 9.95. The second kappa shape index (κ2) is 15.6. The number of carbonyl (C=O) groups excluding carboxylic acids is 3. The van der Waals surface area contributed by atoms with Gasteiger partial charge in [0.05, 0.1) is 37.6 Å². The number of aromatic nitrogens is 1. The summed E-state index contributed by atoms with van der Waals surface area (Å²) >= 11 is 0.922. The van der Waals surface area contributed by atoms with Crippen molar-refractivity contribution < 1.29 is 38.4 Å². The number of rotatable bonds is 15. The number of aliphatic hydroxyl groups is 1. The summed E-state index contributed by atoms with van der Waals surface area (Å²) in [4.78, 5) is 46.1. The Balaban J connectivity index is 1.85. The number of aliphatic hydroxyl groups excluding tert-OH is 1. The molecule has 1 amide bonds. The molecule has 1 unspecified atom stereocenters. The number of aryl methyl sites for hydroxylation is 1. The molecule has 1 atom stereocenters. The Hall–Kier alpha value is -4.64. The molecule has 2 aromatic carbocycles. The number of Topliss-reactive ketones (excluding diaryl/α,β-unsaturated/α-hetero) is 1. The minimum Gasteiger partial charge on any atom is -0.507 e. The SMILES string of the molecule is C=CCOC(=O)c1sc(N2C(=O)C(=O)/C(=C(/O)c3cccc(OCCCC)c3)C2c2ccc(OCCC(C)C)c(OC)c2)nc1C. The minimum atomic E-state index is -1.11. The highest BCUT2D eigenvalue weighted by Gasteiger charge is 2.48.